The van der Waals surface area contributed by atoms with Gasteiger partial charge >= 0.3 is 0 Å². The zero-order valence-corrected chi connectivity index (χ0v) is 10.6. The number of hydrogen-bond acceptors (Lipinski definition) is 2. The van der Waals surface area contributed by atoms with Gasteiger partial charge in [0, 0.05) is 24.3 Å². The number of hydrogen-bond donors (Lipinski definition) is 1. The molecule has 1 aromatic carbocycles. The van der Waals surface area contributed by atoms with Gasteiger partial charge in [0.05, 0.1) is 6.10 Å². The van der Waals surface area contributed by atoms with Gasteiger partial charge in [-0.05, 0) is 31.9 Å². The molecule has 0 aromatic heterocycles. The molecule has 1 aliphatic rings. The van der Waals surface area contributed by atoms with Gasteiger partial charge in [-0.3, -0.25) is 0 Å². The lowest BCUT2D eigenvalue weighted by atomic mass is 9.97. The molecule has 1 saturated heterocycles. The first-order chi connectivity index (χ1) is 8.70. The van der Waals surface area contributed by atoms with Gasteiger partial charge < -0.3 is 10.1 Å². The molecule has 1 heterocycles. The second-order valence-electron chi connectivity index (χ2n) is 4.70. The fourth-order valence-corrected chi connectivity index (χ4v) is 2.31. The van der Waals surface area contributed by atoms with Gasteiger partial charge in [-0.1, -0.05) is 13.0 Å². The fraction of sp³-hybridized carbons (Fsp3) is 0.571. The Labute approximate surface area is 106 Å². The van der Waals surface area contributed by atoms with Crippen LogP contribution in [-0.4, -0.2) is 19.2 Å². The zero-order chi connectivity index (χ0) is 13.0. The van der Waals surface area contributed by atoms with E-state index in [9.17, 15) is 8.78 Å². The van der Waals surface area contributed by atoms with Gasteiger partial charge in [0.2, 0.25) is 0 Å². The largest absolute Gasteiger partial charge is 0.373 e. The Morgan fingerprint density at radius 1 is 1.39 bits per heavy atom. The van der Waals surface area contributed by atoms with E-state index < -0.39 is 11.6 Å². The second-order valence-corrected chi connectivity index (χ2v) is 4.70. The van der Waals surface area contributed by atoms with E-state index in [2.05, 4.69) is 12.2 Å². The van der Waals surface area contributed by atoms with E-state index in [1.54, 1.807) is 0 Å². The van der Waals surface area contributed by atoms with Crippen LogP contribution >= 0.6 is 0 Å². The molecule has 0 radical (unpaired) electrons. The summed E-state index contributed by atoms with van der Waals surface area (Å²) in [7, 11) is 0. The molecule has 0 amide bonds. The van der Waals surface area contributed by atoms with Gasteiger partial charge in [-0.15, -0.1) is 0 Å². The fourth-order valence-electron chi connectivity index (χ4n) is 2.31. The Morgan fingerprint density at radius 2 is 2.22 bits per heavy atom. The van der Waals surface area contributed by atoms with E-state index >= 15 is 0 Å². The lowest BCUT2D eigenvalue weighted by molar-refractivity contribution is -0.00162. The summed E-state index contributed by atoms with van der Waals surface area (Å²) in [5, 5.41) is 3.43. The molecule has 0 saturated carbocycles. The van der Waals surface area contributed by atoms with E-state index in [0.717, 1.165) is 31.9 Å². The summed E-state index contributed by atoms with van der Waals surface area (Å²) >= 11 is 0. The van der Waals surface area contributed by atoms with Crippen molar-refractivity contribution >= 4 is 0 Å². The summed E-state index contributed by atoms with van der Waals surface area (Å²) in [6.45, 7) is 3.69. The van der Waals surface area contributed by atoms with Crippen LogP contribution in [0.3, 0.4) is 0 Å². The SMILES string of the molecule is CCCNC1CCOC(c2ccc(F)cc2F)C1. The van der Waals surface area contributed by atoms with Crippen LogP contribution in [0.2, 0.25) is 0 Å². The normalized spacial score (nSPS) is 24.2. The molecule has 100 valence electrons. The van der Waals surface area contributed by atoms with Crippen molar-refractivity contribution in [2.24, 2.45) is 0 Å². The Balaban J connectivity index is 2.03. The standard InChI is InChI=1S/C14H19F2NO/c1-2-6-17-11-5-7-18-14(9-11)12-4-3-10(15)8-13(12)16/h3-4,8,11,14,17H,2,5-7,9H2,1H3. The molecule has 2 nitrogen and oxygen atoms in total. The number of nitrogens with one attached hydrogen (secondary N) is 1. The number of rotatable bonds is 4. The van der Waals surface area contributed by atoms with Crippen molar-refractivity contribution in [3.8, 4) is 0 Å². The molecular formula is C14H19F2NO. The molecule has 2 atom stereocenters. The van der Waals surface area contributed by atoms with Crippen LogP contribution in [-0.2, 0) is 4.74 Å². The molecule has 1 aromatic rings. The molecule has 0 spiro atoms. The molecule has 1 aliphatic heterocycles. The first-order valence-corrected chi connectivity index (χ1v) is 6.50. The van der Waals surface area contributed by atoms with E-state index in [4.69, 9.17) is 4.74 Å². The molecule has 1 fully saturated rings. The van der Waals surface area contributed by atoms with Gasteiger partial charge in [0.15, 0.2) is 0 Å². The zero-order valence-electron chi connectivity index (χ0n) is 10.6. The predicted molar refractivity (Wildman–Crippen MR) is 66.4 cm³/mol. The molecule has 4 heteroatoms. The first kappa shape index (κ1) is 13.4. The Kier molecular flexibility index (Phi) is 4.66. The van der Waals surface area contributed by atoms with Gasteiger partial charge in [0.1, 0.15) is 11.6 Å². The van der Waals surface area contributed by atoms with Crippen molar-refractivity contribution in [2.45, 2.75) is 38.3 Å². The lowest BCUT2D eigenvalue weighted by Gasteiger charge is -2.30. The van der Waals surface area contributed by atoms with Crippen molar-refractivity contribution < 1.29 is 13.5 Å². The minimum absolute atomic E-state index is 0.270. The van der Waals surface area contributed by atoms with Crippen molar-refractivity contribution in [1.82, 2.24) is 5.32 Å². The maximum Gasteiger partial charge on any atom is 0.131 e. The van der Waals surface area contributed by atoms with Crippen molar-refractivity contribution in [3.63, 3.8) is 0 Å². The molecule has 18 heavy (non-hydrogen) atoms. The van der Waals surface area contributed by atoms with Gasteiger partial charge in [0.25, 0.3) is 0 Å². The molecule has 0 bridgehead atoms. The average Bonchev–Trinajstić information content (AvgIpc) is 2.36. The highest BCUT2D eigenvalue weighted by Gasteiger charge is 2.25. The summed E-state index contributed by atoms with van der Waals surface area (Å²) in [6.07, 6.45) is 2.49. The number of ether oxygens (including phenoxy) is 1. The first-order valence-electron chi connectivity index (χ1n) is 6.50. The van der Waals surface area contributed by atoms with Crippen LogP contribution < -0.4 is 5.32 Å². The Bertz CT molecular complexity index is 397. The van der Waals surface area contributed by atoms with E-state index in [-0.39, 0.29) is 6.10 Å². The third kappa shape index (κ3) is 3.27. The summed E-state index contributed by atoms with van der Waals surface area (Å²) in [5.74, 6) is -1.07. The maximum atomic E-state index is 13.7. The van der Waals surface area contributed by atoms with Crippen LogP contribution in [0.4, 0.5) is 8.78 Å². The van der Waals surface area contributed by atoms with Crippen molar-refractivity contribution in [1.29, 1.82) is 0 Å². The van der Waals surface area contributed by atoms with Crippen LogP contribution in [0.5, 0.6) is 0 Å². The second kappa shape index (κ2) is 6.25. The molecule has 2 rings (SSSR count). The predicted octanol–water partition coefficient (Wildman–Crippen LogP) is 3.18. The van der Waals surface area contributed by atoms with Crippen LogP contribution in [0.1, 0.15) is 37.9 Å². The highest BCUT2D eigenvalue weighted by atomic mass is 19.1. The van der Waals surface area contributed by atoms with Gasteiger partial charge in [-0.2, -0.15) is 0 Å². The third-order valence-corrected chi connectivity index (χ3v) is 3.28. The van der Waals surface area contributed by atoms with Crippen LogP contribution in [0.15, 0.2) is 18.2 Å². The molecule has 2 unspecified atom stereocenters. The summed E-state index contributed by atoms with van der Waals surface area (Å²) in [4.78, 5) is 0. The highest BCUT2D eigenvalue weighted by molar-refractivity contribution is 5.21. The quantitative estimate of drug-likeness (QED) is 0.892. The number of benzene rings is 1. The topological polar surface area (TPSA) is 21.3 Å². The molecule has 1 N–H and O–H groups in total. The lowest BCUT2D eigenvalue weighted by Crippen LogP contribution is -2.36. The Morgan fingerprint density at radius 3 is 2.94 bits per heavy atom. The van der Waals surface area contributed by atoms with E-state index in [0.29, 0.717) is 18.2 Å². The summed E-state index contributed by atoms with van der Waals surface area (Å²) in [5.41, 5.74) is 0.458. The highest BCUT2D eigenvalue weighted by Crippen LogP contribution is 2.30. The summed E-state index contributed by atoms with van der Waals surface area (Å²) < 4.78 is 32.1. The number of halogens is 2. The van der Waals surface area contributed by atoms with E-state index in [1.807, 2.05) is 0 Å². The average molecular weight is 255 g/mol. The smallest absolute Gasteiger partial charge is 0.131 e. The minimum Gasteiger partial charge on any atom is -0.373 e. The van der Waals surface area contributed by atoms with Crippen molar-refractivity contribution in [3.05, 3.63) is 35.4 Å². The maximum absolute atomic E-state index is 13.7. The molecule has 0 aliphatic carbocycles. The third-order valence-electron chi connectivity index (χ3n) is 3.28. The van der Waals surface area contributed by atoms with Gasteiger partial charge in [-0.25, -0.2) is 8.78 Å². The Hall–Kier alpha value is -1.00. The van der Waals surface area contributed by atoms with Crippen molar-refractivity contribution in [2.75, 3.05) is 13.2 Å². The minimum atomic E-state index is -0.548. The van der Waals surface area contributed by atoms with Crippen LogP contribution in [0.25, 0.3) is 0 Å². The summed E-state index contributed by atoms with van der Waals surface area (Å²) in [6, 6.07) is 4.04. The van der Waals surface area contributed by atoms with Crippen LogP contribution in [0, 0.1) is 11.6 Å². The molecular weight excluding hydrogens is 236 g/mol. The van der Waals surface area contributed by atoms with E-state index in [1.165, 1.54) is 12.1 Å². The monoisotopic (exact) mass is 255 g/mol.